The molecule has 0 atom stereocenters. The van der Waals surface area contributed by atoms with E-state index in [1.165, 1.54) is 11.0 Å². The predicted octanol–water partition coefficient (Wildman–Crippen LogP) is 2.24. The molecule has 1 aliphatic heterocycles. The summed E-state index contributed by atoms with van der Waals surface area (Å²) < 4.78 is 29.9. The molecule has 1 aromatic rings. The fraction of sp³-hybridized carbons (Fsp3) is 0.333. The molecule has 0 saturated heterocycles. The maximum atomic E-state index is 12.6. The van der Waals surface area contributed by atoms with Crippen LogP contribution in [0.25, 0.3) is 0 Å². The molecule has 4 nitrogen and oxygen atoms in total. The first-order chi connectivity index (χ1) is 9.04. The van der Waals surface area contributed by atoms with Crippen molar-refractivity contribution in [1.82, 2.24) is 9.88 Å². The molecule has 0 spiro atoms. The molecule has 0 N–H and O–H groups in total. The van der Waals surface area contributed by atoms with E-state index in [1.54, 1.807) is 18.2 Å². The molecule has 0 radical (unpaired) electrons. The first-order valence-electron chi connectivity index (χ1n) is 5.56. The second-order valence-electron chi connectivity index (χ2n) is 3.97. The van der Waals surface area contributed by atoms with E-state index in [1.807, 2.05) is 0 Å². The summed E-state index contributed by atoms with van der Waals surface area (Å²) in [4.78, 5) is 16.4. The molecule has 19 heavy (non-hydrogen) atoms. The van der Waals surface area contributed by atoms with Crippen LogP contribution in [0.1, 0.15) is 5.69 Å². The molecule has 0 bridgehead atoms. The highest BCUT2D eigenvalue weighted by Gasteiger charge is 2.22. The molecule has 0 fully saturated rings. The number of alkyl halides is 2. The summed E-state index contributed by atoms with van der Waals surface area (Å²) in [5.41, 5.74) is 0.973. The van der Waals surface area contributed by atoms with Crippen LogP contribution < -0.4 is 0 Å². The van der Waals surface area contributed by atoms with Crippen molar-refractivity contribution in [3.63, 3.8) is 0 Å². The Hall–Kier alpha value is -1.69. The number of pyridine rings is 1. The molecule has 0 saturated carbocycles. The number of rotatable bonds is 5. The highest BCUT2D eigenvalue weighted by atomic mass is 35.5. The zero-order valence-corrected chi connectivity index (χ0v) is 10.6. The summed E-state index contributed by atoms with van der Waals surface area (Å²) in [6.07, 6.45) is -1.30. The number of halogens is 3. The van der Waals surface area contributed by atoms with Crippen molar-refractivity contribution in [3.8, 4) is 0 Å². The lowest BCUT2D eigenvalue weighted by Crippen LogP contribution is -2.29. The number of carbonyl (C=O) groups is 1. The van der Waals surface area contributed by atoms with Gasteiger partial charge in [-0.05, 0) is 12.1 Å². The van der Waals surface area contributed by atoms with Gasteiger partial charge in [0.25, 0.3) is 6.43 Å². The summed E-state index contributed by atoms with van der Waals surface area (Å²) in [6, 6.07) is 4.97. The third-order valence-corrected chi connectivity index (χ3v) is 2.75. The average Bonchev–Trinajstić information content (AvgIpc) is 2.74. The Morgan fingerprint density at radius 1 is 1.47 bits per heavy atom. The second-order valence-corrected chi connectivity index (χ2v) is 4.35. The van der Waals surface area contributed by atoms with Gasteiger partial charge in [-0.2, -0.15) is 0 Å². The van der Waals surface area contributed by atoms with Gasteiger partial charge in [0, 0.05) is 6.08 Å². The maximum absolute atomic E-state index is 12.6. The van der Waals surface area contributed by atoms with E-state index in [9.17, 15) is 13.6 Å². The number of ether oxygens (including phenoxy) is 1. The minimum atomic E-state index is -2.52. The lowest BCUT2D eigenvalue weighted by atomic mass is 10.3. The number of aromatic nitrogens is 1. The van der Waals surface area contributed by atoms with Crippen molar-refractivity contribution in [2.45, 2.75) is 13.0 Å². The van der Waals surface area contributed by atoms with E-state index in [2.05, 4.69) is 4.98 Å². The molecule has 0 amide bonds. The maximum Gasteiger partial charge on any atom is 0.333 e. The largest absolute Gasteiger partial charge is 0.456 e. The summed E-state index contributed by atoms with van der Waals surface area (Å²) >= 11 is 5.75. The molecule has 0 unspecified atom stereocenters. The van der Waals surface area contributed by atoms with Gasteiger partial charge in [0.15, 0.2) is 0 Å². The number of carbonyl (C=O) groups excluding carboxylic acids is 1. The van der Waals surface area contributed by atoms with Gasteiger partial charge in [-0.3, -0.25) is 0 Å². The van der Waals surface area contributed by atoms with E-state index in [0.717, 1.165) is 0 Å². The number of esters is 1. The number of hydrogen-bond acceptors (Lipinski definition) is 4. The Bertz CT molecular complexity index is 508. The molecule has 1 aromatic heterocycles. The van der Waals surface area contributed by atoms with Crippen molar-refractivity contribution in [2.75, 3.05) is 13.2 Å². The Labute approximate surface area is 113 Å². The van der Waals surface area contributed by atoms with Crippen molar-refractivity contribution in [2.24, 2.45) is 0 Å². The summed E-state index contributed by atoms with van der Waals surface area (Å²) in [7, 11) is 0. The van der Waals surface area contributed by atoms with Gasteiger partial charge in [0.1, 0.15) is 11.8 Å². The third kappa shape index (κ3) is 3.89. The van der Waals surface area contributed by atoms with Crippen LogP contribution in [0.15, 0.2) is 30.0 Å². The molecule has 0 aromatic carbocycles. The SMILES string of the molecule is O=C1C=C(N(Cc2cccc(Cl)n2)CC(F)F)CO1. The Morgan fingerprint density at radius 3 is 2.84 bits per heavy atom. The molecule has 2 heterocycles. The van der Waals surface area contributed by atoms with Crippen LogP contribution in [-0.4, -0.2) is 35.4 Å². The smallest absolute Gasteiger partial charge is 0.333 e. The first kappa shape index (κ1) is 13.7. The lowest BCUT2D eigenvalue weighted by molar-refractivity contribution is -0.135. The van der Waals surface area contributed by atoms with Gasteiger partial charge in [0.05, 0.1) is 24.5 Å². The Balaban J connectivity index is 2.14. The summed E-state index contributed by atoms with van der Waals surface area (Å²) in [5.74, 6) is -0.520. The molecule has 0 aliphatic carbocycles. The lowest BCUT2D eigenvalue weighted by Gasteiger charge is -2.24. The zero-order valence-electron chi connectivity index (χ0n) is 9.85. The van der Waals surface area contributed by atoms with E-state index >= 15 is 0 Å². The van der Waals surface area contributed by atoms with Crippen LogP contribution in [0.5, 0.6) is 0 Å². The van der Waals surface area contributed by atoms with E-state index in [0.29, 0.717) is 16.5 Å². The predicted molar refractivity (Wildman–Crippen MR) is 64.7 cm³/mol. The highest BCUT2D eigenvalue weighted by molar-refractivity contribution is 6.29. The highest BCUT2D eigenvalue weighted by Crippen LogP contribution is 2.17. The zero-order chi connectivity index (χ0) is 13.8. The first-order valence-corrected chi connectivity index (χ1v) is 5.94. The topological polar surface area (TPSA) is 42.4 Å². The van der Waals surface area contributed by atoms with Gasteiger partial charge < -0.3 is 9.64 Å². The Kier molecular flexibility index (Phi) is 4.31. The van der Waals surface area contributed by atoms with E-state index in [4.69, 9.17) is 16.3 Å². The van der Waals surface area contributed by atoms with Crippen LogP contribution in [-0.2, 0) is 16.1 Å². The van der Waals surface area contributed by atoms with E-state index < -0.39 is 18.9 Å². The normalized spacial score (nSPS) is 14.5. The molecule has 2 rings (SSSR count). The Morgan fingerprint density at radius 2 is 2.26 bits per heavy atom. The fourth-order valence-corrected chi connectivity index (χ4v) is 1.91. The van der Waals surface area contributed by atoms with Crippen LogP contribution in [0.2, 0.25) is 5.15 Å². The average molecular weight is 289 g/mol. The quantitative estimate of drug-likeness (QED) is 0.616. The van der Waals surface area contributed by atoms with Crippen LogP contribution >= 0.6 is 11.6 Å². The van der Waals surface area contributed by atoms with Gasteiger partial charge >= 0.3 is 5.97 Å². The molecule has 7 heteroatoms. The van der Waals surface area contributed by atoms with Crippen molar-refractivity contribution < 1.29 is 18.3 Å². The fourth-order valence-electron chi connectivity index (χ4n) is 1.73. The monoisotopic (exact) mass is 288 g/mol. The van der Waals surface area contributed by atoms with Gasteiger partial charge in [-0.1, -0.05) is 17.7 Å². The molecule has 1 aliphatic rings. The summed E-state index contributed by atoms with van der Waals surface area (Å²) in [6.45, 7) is -0.337. The number of cyclic esters (lactones) is 1. The van der Waals surface area contributed by atoms with Crippen molar-refractivity contribution >= 4 is 17.6 Å². The minimum absolute atomic E-state index is 0.00607. The molecular weight excluding hydrogens is 278 g/mol. The van der Waals surface area contributed by atoms with Gasteiger partial charge in [-0.15, -0.1) is 0 Å². The van der Waals surface area contributed by atoms with Gasteiger partial charge in [0.2, 0.25) is 0 Å². The van der Waals surface area contributed by atoms with Crippen molar-refractivity contribution in [3.05, 3.63) is 40.8 Å². The van der Waals surface area contributed by atoms with Crippen LogP contribution in [0, 0.1) is 0 Å². The van der Waals surface area contributed by atoms with Crippen LogP contribution in [0.3, 0.4) is 0 Å². The molecule has 102 valence electrons. The second kappa shape index (κ2) is 5.97. The van der Waals surface area contributed by atoms with Crippen LogP contribution in [0.4, 0.5) is 8.78 Å². The third-order valence-electron chi connectivity index (χ3n) is 2.54. The number of hydrogen-bond donors (Lipinski definition) is 0. The van der Waals surface area contributed by atoms with Gasteiger partial charge in [-0.25, -0.2) is 18.6 Å². The standard InChI is InChI=1S/C12H11ClF2N2O2/c13-10-3-1-2-8(16-10)5-17(6-11(14)15)9-4-12(18)19-7-9/h1-4,11H,5-7H2. The minimum Gasteiger partial charge on any atom is -0.456 e. The summed E-state index contributed by atoms with van der Waals surface area (Å²) in [5, 5.41) is 0.294. The van der Waals surface area contributed by atoms with Crippen molar-refractivity contribution in [1.29, 1.82) is 0 Å². The number of nitrogens with zero attached hydrogens (tertiary/aromatic N) is 2. The molecular formula is C12H11ClF2N2O2. The van der Waals surface area contributed by atoms with E-state index in [-0.39, 0.29) is 13.2 Å².